The van der Waals surface area contributed by atoms with Crippen molar-refractivity contribution in [2.45, 2.75) is 39.5 Å². The lowest BCUT2D eigenvalue weighted by molar-refractivity contribution is -0.138. The fourth-order valence-corrected chi connectivity index (χ4v) is 3.04. The number of hydrogen-bond donors (Lipinski definition) is 2. The predicted octanol–water partition coefficient (Wildman–Crippen LogP) is 2.63. The molecule has 1 aromatic carbocycles. The van der Waals surface area contributed by atoms with Crippen LogP contribution in [0.1, 0.15) is 38.7 Å². The number of halogens is 1. The zero-order valence-electron chi connectivity index (χ0n) is 15.2. The van der Waals surface area contributed by atoms with Crippen LogP contribution in [-0.2, 0) is 16.0 Å². The summed E-state index contributed by atoms with van der Waals surface area (Å²) in [6.45, 7) is 5.92. The second-order valence-electron chi connectivity index (χ2n) is 6.72. The molecule has 0 radical (unpaired) electrons. The predicted molar refractivity (Wildman–Crippen MR) is 104 cm³/mol. The molecule has 5 nitrogen and oxygen atoms in total. The minimum atomic E-state index is -0.0850. The lowest BCUT2D eigenvalue weighted by Crippen LogP contribution is -2.47. The number of anilines is 1. The lowest BCUT2D eigenvalue weighted by Gasteiger charge is -2.33. The van der Waals surface area contributed by atoms with Gasteiger partial charge in [-0.25, -0.2) is 0 Å². The van der Waals surface area contributed by atoms with E-state index in [2.05, 4.69) is 5.32 Å². The Bertz CT molecular complexity index is 562. The van der Waals surface area contributed by atoms with Crippen molar-refractivity contribution in [2.75, 3.05) is 25.4 Å². The molecule has 25 heavy (non-hydrogen) atoms. The van der Waals surface area contributed by atoms with Gasteiger partial charge < -0.3 is 16.0 Å². The van der Waals surface area contributed by atoms with E-state index in [-0.39, 0.29) is 36.1 Å². The van der Waals surface area contributed by atoms with Crippen molar-refractivity contribution in [1.29, 1.82) is 0 Å². The Kier molecular flexibility index (Phi) is 8.76. The number of carbonyl (C=O) groups is 2. The van der Waals surface area contributed by atoms with Gasteiger partial charge in [0.2, 0.25) is 11.8 Å². The maximum atomic E-state index is 12.4. The van der Waals surface area contributed by atoms with Crippen LogP contribution in [0.5, 0.6) is 0 Å². The average molecular weight is 368 g/mol. The van der Waals surface area contributed by atoms with Crippen molar-refractivity contribution in [2.24, 2.45) is 11.8 Å². The Morgan fingerprint density at radius 3 is 2.64 bits per heavy atom. The largest absolute Gasteiger partial charge is 0.399 e. The molecular formula is C19H30ClN3O2. The normalized spacial score (nSPS) is 18.2. The highest BCUT2D eigenvalue weighted by atomic mass is 35.5. The molecule has 2 rings (SSSR count). The Morgan fingerprint density at radius 1 is 1.32 bits per heavy atom. The highest BCUT2D eigenvalue weighted by molar-refractivity contribution is 5.85. The van der Waals surface area contributed by atoms with Gasteiger partial charge in [0, 0.05) is 31.2 Å². The van der Waals surface area contributed by atoms with Gasteiger partial charge in [0.05, 0.1) is 5.92 Å². The third kappa shape index (κ3) is 6.24. The van der Waals surface area contributed by atoms with E-state index < -0.39 is 0 Å². The van der Waals surface area contributed by atoms with Crippen molar-refractivity contribution in [3.05, 3.63) is 29.8 Å². The van der Waals surface area contributed by atoms with Crippen LogP contribution in [0.2, 0.25) is 0 Å². The van der Waals surface area contributed by atoms with Crippen LogP contribution in [0.4, 0.5) is 5.69 Å². The number of nitrogens with one attached hydrogen (secondary N) is 1. The van der Waals surface area contributed by atoms with Crippen LogP contribution in [0.15, 0.2) is 24.3 Å². The van der Waals surface area contributed by atoms with Gasteiger partial charge in [0.25, 0.3) is 0 Å². The van der Waals surface area contributed by atoms with Crippen molar-refractivity contribution in [3.63, 3.8) is 0 Å². The zero-order chi connectivity index (χ0) is 17.5. The molecule has 2 amide bonds. The quantitative estimate of drug-likeness (QED) is 0.759. The standard InChI is InChI=1S/C19H29N3O2.ClH/c1-3-14(2)19(24)22-12-4-5-16(13-22)18(23)21-11-10-15-6-8-17(20)9-7-15;/h6-9,14,16H,3-5,10-13,20H2,1-2H3,(H,21,23);1H. The first-order chi connectivity index (χ1) is 11.5. The van der Waals surface area contributed by atoms with Gasteiger partial charge in [-0.2, -0.15) is 0 Å². The summed E-state index contributed by atoms with van der Waals surface area (Å²) in [5.74, 6) is 0.194. The second kappa shape index (κ2) is 10.3. The molecule has 0 spiro atoms. The topological polar surface area (TPSA) is 75.4 Å². The molecule has 2 atom stereocenters. The van der Waals surface area contributed by atoms with Crippen LogP contribution in [-0.4, -0.2) is 36.3 Å². The van der Waals surface area contributed by atoms with E-state index in [1.165, 1.54) is 0 Å². The Hall–Kier alpha value is -1.75. The Balaban J connectivity index is 0.00000312. The second-order valence-corrected chi connectivity index (χ2v) is 6.72. The summed E-state index contributed by atoms with van der Waals surface area (Å²) in [5.41, 5.74) is 7.57. The van der Waals surface area contributed by atoms with Gasteiger partial charge in [0.1, 0.15) is 0 Å². The van der Waals surface area contributed by atoms with E-state index in [0.29, 0.717) is 13.1 Å². The van der Waals surface area contributed by atoms with E-state index in [1.807, 2.05) is 43.0 Å². The first-order valence-corrected chi connectivity index (χ1v) is 8.92. The molecule has 0 bridgehead atoms. The fraction of sp³-hybridized carbons (Fsp3) is 0.579. The lowest BCUT2D eigenvalue weighted by atomic mass is 9.95. The van der Waals surface area contributed by atoms with Gasteiger partial charge >= 0.3 is 0 Å². The Morgan fingerprint density at radius 2 is 2.00 bits per heavy atom. The number of nitrogen functional groups attached to an aromatic ring is 1. The number of likely N-dealkylation sites (tertiary alicyclic amines) is 1. The van der Waals surface area contributed by atoms with E-state index in [4.69, 9.17) is 5.73 Å². The monoisotopic (exact) mass is 367 g/mol. The molecule has 1 aliphatic heterocycles. The number of nitrogens with two attached hydrogens (primary N) is 1. The highest BCUT2D eigenvalue weighted by Crippen LogP contribution is 2.19. The van der Waals surface area contributed by atoms with Gasteiger partial charge in [-0.1, -0.05) is 26.0 Å². The van der Waals surface area contributed by atoms with E-state index in [1.54, 1.807) is 0 Å². The van der Waals surface area contributed by atoms with Crippen molar-refractivity contribution in [1.82, 2.24) is 10.2 Å². The van der Waals surface area contributed by atoms with Crippen LogP contribution in [0.25, 0.3) is 0 Å². The van der Waals surface area contributed by atoms with E-state index in [9.17, 15) is 9.59 Å². The molecule has 3 N–H and O–H groups in total. The van der Waals surface area contributed by atoms with Gasteiger partial charge in [-0.15, -0.1) is 12.4 Å². The van der Waals surface area contributed by atoms with Crippen molar-refractivity contribution >= 4 is 29.9 Å². The highest BCUT2D eigenvalue weighted by Gasteiger charge is 2.29. The third-order valence-electron chi connectivity index (χ3n) is 4.83. The summed E-state index contributed by atoms with van der Waals surface area (Å²) in [6, 6.07) is 7.70. The fourth-order valence-electron chi connectivity index (χ4n) is 3.04. The third-order valence-corrected chi connectivity index (χ3v) is 4.83. The van der Waals surface area contributed by atoms with Crippen LogP contribution >= 0.6 is 12.4 Å². The summed E-state index contributed by atoms with van der Waals surface area (Å²) in [5, 5.41) is 3.01. The zero-order valence-corrected chi connectivity index (χ0v) is 16.0. The van der Waals surface area contributed by atoms with Gasteiger partial charge in [-0.3, -0.25) is 9.59 Å². The number of nitrogens with zero attached hydrogens (tertiary/aromatic N) is 1. The molecule has 1 heterocycles. The molecule has 6 heteroatoms. The first kappa shape index (κ1) is 21.3. The molecule has 2 unspecified atom stereocenters. The number of carbonyl (C=O) groups excluding carboxylic acids is 2. The van der Waals surface area contributed by atoms with E-state index >= 15 is 0 Å². The minimum absolute atomic E-state index is 0. The summed E-state index contributed by atoms with van der Waals surface area (Å²) >= 11 is 0. The summed E-state index contributed by atoms with van der Waals surface area (Å²) in [7, 11) is 0. The molecule has 0 saturated carbocycles. The maximum absolute atomic E-state index is 12.4. The minimum Gasteiger partial charge on any atom is -0.399 e. The molecule has 0 aromatic heterocycles. The molecule has 1 saturated heterocycles. The van der Waals surface area contributed by atoms with Crippen LogP contribution in [0, 0.1) is 11.8 Å². The summed E-state index contributed by atoms with van der Waals surface area (Å²) in [6.07, 6.45) is 3.39. The van der Waals surface area contributed by atoms with Crippen molar-refractivity contribution < 1.29 is 9.59 Å². The molecule has 140 valence electrons. The van der Waals surface area contributed by atoms with E-state index in [0.717, 1.165) is 43.5 Å². The van der Waals surface area contributed by atoms with Crippen LogP contribution in [0.3, 0.4) is 0 Å². The number of hydrogen-bond acceptors (Lipinski definition) is 3. The average Bonchev–Trinajstić information content (AvgIpc) is 2.62. The van der Waals surface area contributed by atoms with Gasteiger partial charge in [-0.05, 0) is 43.4 Å². The molecule has 1 fully saturated rings. The SMILES string of the molecule is CCC(C)C(=O)N1CCCC(C(=O)NCCc2ccc(N)cc2)C1.Cl. The summed E-state index contributed by atoms with van der Waals surface area (Å²) < 4.78 is 0. The number of piperidine rings is 1. The molecule has 0 aliphatic carbocycles. The Labute approximate surface area is 156 Å². The number of rotatable bonds is 6. The molecule has 1 aromatic rings. The summed E-state index contributed by atoms with van der Waals surface area (Å²) in [4.78, 5) is 26.6. The first-order valence-electron chi connectivity index (χ1n) is 8.92. The van der Waals surface area contributed by atoms with Crippen molar-refractivity contribution in [3.8, 4) is 0 Å². The smallest absolute Gasteiger partial charge is 0.225 e. The van der Waals surface area contributed by atoms with Crippen LogP contribution < -0.4 is 11.1 Å². The molecule has 1 aliphatic rings. The molecular weight excluding hydrogens is 338 g/mol. The number of amides is 2. The van der Waals surface area contributed by atoms with Gasteiger partial charge in [0.15, 0.2) is 0 Å². The maximum Gasteiger partial charge on any atom is 0.225 e. The number of benzene rings is 1.